The molecular weight excluding hydrogens is 601 g/mol. The second kappa shape index (κ2) is 13.0. The summed E-state index contributed by atoms with van der Waals surface area (Å²) < 4.78 is 29.5. The summed E-state index contributed by atoms with van der Waals surface area (Å²) in [5, 5.41) is 2.90. The van der Waals surface area contributed by atoms with E-state index in [9.17, 15) is 18.0 Å². The summed E-state index contributed by atoms with van der Waals surface area (Å²) in [5.41, 5.74) is 1.22. The first-order chi connectivity index (χ1) is 17.6. The van der Waals surface area contributed by atoms with Gasteiger partial charge >= 0.3 is 0 Å². The molecule has 3 aromatic rings. The van der Waals surface area contributed by atoms with E-state index in [0.717, 1.165) is 13.4 Å². The third kappa shape index (κ3) is 7.54. The molecule has 37 heavy (non-hydrogen) atoms. The fraction of sp³-hybridized carbons (Fsp3) is 0.286. The van der Waals surface area contributed by atoms with Gasteiger partial charge in [-0.15, -0.1) is 0 Å². The van der Waals surface area contributed by atoms with Gasteiger partial charge in [0.1, 0.15) is 12.6 Å². The van der Waals surface area contributed by atoms with Crippen molar-refractivity contribution in [2.45, 2.75) is 50.7 Å². The van der Waals surface area contributed by atoms with Gasteiger partial charge in [-0.05, 0) is 84.8 Å². The van der Waals surface area contributed by atoms with Crippen LogP contribution in [0.1, 0.15) is 32.8 Å². The Morgan fingerprint density at radius 2 is 1.46 bits per heavy atom. The lowest BCUT2D eigenvalue weighted by Crippen LogP contribution is -2.53. The highest BCUT2D eigenvalue weighted by Crippen LogP contribution is 2.25. The van der Waals surface area contributed by atoms with Gasteiger partial charge < -0.3 is 10.2 Å². The van der Waals surface area contributed by atoms with Crippen molar-refractivity contribution in [2.24, 2.45) is 0 Å². The van der Waals surface area contributed by atoms with Crippen molar-refractivity contribution in [3.05, 3.63) is 94.1 Å². The number of hydrogen-bond donors (Lipinski definition) is 1. The third-order valence-corrected chi connectivity index (χ3v) is 8.24. The molecule has 0 unspecified atom stereocenters. The monoisotopic (exact) mass is 633 g/mol. The van der Waals surface area contributed by atoms with Crippen molar-refractivity contribution >= 4 is 50.1 Å². The maximum Gasteiger partial charge on any atom is 0.264 e. The van der Waals surface area contributed by atoms with Crippen molar-refractivity contribution in [1.29, 1.82) is 0 Å². The first kappa shape index (κ1) is 28.6. The summed E-state index contributed by atoms with van der Waals surface area (Å²) in [6.45, 7) is 5.29. The Hall–Kier alpha value is -2.92. The molecule has 7 nitrogen and oxygen atoms in total. The summed E-state index contributed by atoms with van der Waals surface area (Å²) in [7, 11) is -4.06. The molecule has 9 heteroatoms. The highest BCUT2D eigenvalue weighted by molar-refractivity contribution is 14.1. The van der Waals surface area contributed by atoms with Gasteiger partial charge in [-0.25, -0.2) is 8.42 Å². The second-order valence-corrected chi connectivity index (χ2v) is 12.0. The zero-order chi connectivity index (χ0) is 27.0. The van der Waals surface area contributed by atoms with Gasteiger partial charge in [-0.2, -0.15) is 0 Å². The Labute approximate surface area is 233 Å². The second-order valence-electron chi connectivity index (χ2n) is 8.90. The molecule has 0 aliphatic rings. The summed E-state index contributed by atoms with van der Waals surface area (Å²) in [4.78, 5) is 28.6. The van der Waals surface area contributed by atoms with Crippen LogP contribution in [0.4, 0.5) is 5.69 Å². The minimum absolute atomic E-state index is 0.0838. The van der Waals surface area contributed by atoms with E-state index in [1.807, 2.05) is 51.1 Å². The van der Waals surface area contributed by atoms with Crippen molar-refractivity contribution in [1.82, 2.24) is 10.2 Å². The number of sulfonamides is 1. The fourth-order valence-corrected chi connectivity index (χ4v) is 5.73. The largest absolute Gasteiger partial charge is 0.352 e. The Morgan fingerprint density at radius 1 is 0.892 bits per heavy atom. The molecule has 0 saturated heterocycles. The molecule has 1 N–H and O–H groups in total. The van der Waals surface area contributed by atoms with E-state index in [1.54, 1.807) is 42.5 Å². The van der Waals surface area contributed by atoms with Crippen LogP contribution in [0.3, 0.4) is 0 Å². The van der Waals surface area contributed by atoms with E-state index in [2.05, 4.69) is 27.9 Å². The number of carbonyl (C=O) groups is 2. The number of nitrogens with one attached hydrogen (secondary N) is 1. The number of hydrogen-bond acceptors (Lipinski definition) is 4. The molecule has 3 rings (SSSR count). The minimum Gasteiger partial charge on any atom is -0.352 e. The molecule has 0 aromatic heterocycles. The molecule has 0 saturated carbocycles. The lowest BCUT2D eigenvalue weighted by Gasteiger charge is -2.33. The molecule has 0 radical (unpaired) electrons. The van der Waals surface area contributed by atoms with E-state index in [4.69, 9.17) is 0 Å². The molecule has 0 bridgehead atoms. The summed E-state index contributed by atoms with van der Waals surface area (Å²) >= 11 is 2.14. The van der Waals surface area contributed by atoms with Gasteiger partial charge in [0.15, 0.2) is 0 Å². The Bertz CT molecular complexity index is 1280. The average Bonchev–Trinajstić information content (AvgIpc) is 2.88. The van der Waals surface area contributed by atoms with Crippen molar-refractivity contribution < 1.29 is 18.0 Å². The smallest absolute Gasteiger partial charge is 0.264 e. The predicted octanol–water partition coefficient (Wildman–Crippen LogP) is 4.82. The average molecular weight is 634 g/mol. The highest BCUT2D eigenvalue weighted by Gasteiger charge is 2.33. The number of amides is 2. The number of rotatable bonds is 11. The van der Waals surface area contributed by atoms with Crippen molar-refractivity contribution in [2.75, 3.05) is 10.8 Å². The van der Waals surface area contributed by atoms with Crippen LogP contribution in [0.5, 0.6) is 0 Å². The highest BCUT2D eigenvalue weighted by atomic mass is 127. The quantitative estimate of drug-likeness (QED) is 0.307. The molecular formula is C28H32IN3O4S. The summed E-state index contributed by atoms with van der Waals surface area (Å²) in [5.74, 6) is -0.735. The minimum atomic E-state index is -4.06. The van der Waals surface area contributed by atoms with Crippen LogP contribution in [0, 0.1) is 3.57 Å². The molecule has 0 aliphatic carbocycles. The van der Waals surface area contributed by atoms with E-state index in [0.29, 0.717) is 12.1 Å². The van der Waals surface area contributed by atoms with E-state index in [1.165, 1.54) is 17.0 Å². The molecule has 1 atom stereocenters. The topological polar surface area (TPSA) is 86.8 Å². The van der Waals surface area contributed by atoms with Crippen molar-refractivity contribution in [3.63, 3.8) is 0 Å². The normalized spacial score (nSPS) is 12.1. The van der Waals surface area contributed by atoms with Crippen LogP contribution in [-0.4, -0.2) is 43.8 Å². The standard InChI is InChI=1S/C28H32IN3O4S/c1-4-26(28(34)30-21(2)3)31(19-22-11-7-5-8-12-22)27(33)20-32(24-17-15-23(29)16-18-24)37(35,36)25-13-9-6-10-14-25/h5-18,21,26H,4,19-20H2,1-3H3,(H,30,34)/t26-/m1/s1. The maximum atomic E-state index is 13.9. The molecule has 0 heterocycles. The van der Waals surface area contributed by atoms with Crippen LogP contribution in [0.15, 0.2) is 89.8 Å². The van der Waals surface area contributed by atoms with Crippen LogP contribution in [-0.2, 0) is 26.2 Å². The Morgan fingerprint density at radius 3 is 2.00 bits per heavy atom. The molecule has 0 aliphatic heterocycles. The number of nitrogens with zero attached hydrogens (tertiary/aromatic N) is 2. The zero-order valence-electron chi connectivity index (χ0n) is 21.2. The molecule has 2 amide bonds. The number of benzene rings is 3. The van der Waals surface area contributed by atoms with Gasteiger partial charge in [0, 0.05) is 16.2 Å². The fourth-order valence-electron chi connectivity index (χ4n) is 3.94. The Kier molecular flexibility index (Phi) is 10.1. The summed E-state index contributed by atoms with van der Waals surface area (Å²) in [6, 6.07) is 23.5. The third-order valence-electron chi connectivity index (χ3n) is 5.74. The van der Waals surface area contributed by atoms with Crippen LogP contribution >= 0.6 is 22.6 Å². The van der Waals surface area contributed by atoms with Gasteiger partial charge in [-0.3, -0.25) is 13.9 Å². The number of anilines is 1. The van der Waals surface area contributed by atoms with Gasteiger partial charge in [0.2, 0.25) is 11.8 Å². The van der Waals surface area contributed by atoms with E-state index < -0.39 is 28.5 Å². The lowest BCUT2D eigenvalue weighted by atomic mass is 10.1. The number of carbonyl (C=O) groups excluding carboxylic acids is 2. The Balaban J connectivity index is 2.03. The van der Waals surface area contributed by atoms with Crippen molar-refractivity contribution in [3.8, 4) is 0 Å². The van der Waals surface area contributed by atoms with Crippen LogP contribution in [0.25, 0.3) is 0 Å². The van der Waals surface area contributed by atoms with E-state index >= 15 is 0 Å². The lowest BCUT2D eigenvalue weighted by molar-refractivity contribution is -0.140. The zero-order valence-corrected chi connectivity index (χ0v) is 24.1. The first-order valence-corrected chi connectivity index (χ1v) is 14.6. The SMILES string of the molecule is CC[C@H](C(=O)NC(C)C)N(Cc1ccccc1)C(=O)CN(c1ccc(I)cc1)S(=O)(=O)c1ccccc1. The molecule has 3 aromatic carbocycles. The van der Waals surface area contributed by atoms with Crippen LogP contribution < -0.4 is 9.62 Å². The number of halogens is 1. The van der Waals surface area contributed by atoms with Gasteiger partial charge in [-0.1, -0.05) is 55.5 Å². The maximum absolute atomic E-state index is 13.9. The van der Waals surface area contributed by atoms with Crippen LogP contribution in [0.2, 0.25) is 0 Å². The predicted molar refractivity (Wildman–Crippen MR) is 154 cm³/mol. The molecule has 0 spiro atoms. The molecule has 0 fully saturated rings. The van der Waals surface area contributed by atoms with E-state index in [-0.39, 0.29) is 23.4 Å². The summed E-state index contributed by atoms with van der Waals surface area (Å²) in [6.07, 6.45) is 0.381. The molecule has 196 valence electrons. The van der Waals surface area contributed by atoms with Gasteiger partial charge in [0.05, 0.1) is 10.6 Å². The van der Waals surface area contributed by atoms with Gasteiger partial charge in [0.25, 0.3) is 10.0 Å². The first-order valence-electron chi connectivity index (χ1n) is 12.1.